The first kappa shape index (κ1) is 19.2. The predicted molar refractivity (Wildman–Crippen MR) is 91.3 cm³/mol. The third-order valence-corrected chi connectivity index (χ3v) is 7.34. The average molecular weight is 405 g/mol. The predicted octanol–water partition coefficient (Wildman–Crippen LogP) is 4.11. The zero-order valence-electron chi connectivity index (χ0n) is 13.5. The molecule has 1 aliphatic rings. The lowest BCUT2D eigenvalue weighted by atomic mass is 10.1. The van der Waals surface area contributed by atoms with E-state index in [1.165, 1.54) is 11.8 Å². The molecule has 0 aromatic heterocycles. The molecule has 0 aliphatic carbocycles. The van der Waals surface area contributed by atoms with Crippen LogP contribution in [0.25, 0.3) is 0 Å². The molecule has 1 unspecified atom stereocenters. The van der Waals surface area contributed by atoms with Gasteiger partial charge in [0.15, 0.2) is 11.6 Å². The molecular weight excluding hydrogens is 390 g/mol. The van der Waals surface area contributed by atoms with Crippen molar-refractivity contribution in [3.63, 3.8) is 0 Å². The molecule has 0 amide bonds. The fraction of sp³-hybridized carbons (Fsp3) is 0.294. The fourth-order valence-electron chi connectivity index (χ4n) is 2.79. The smallest absolute Gasteiger partial charge is 0.207 e. The Hall–Kier alpha value is -1.58. The summed E-state index contributed by atoms with van der Waals surface area (Å²) in [5, 5.41) is -0.393. The van der Waals surface area contributed by atoms with Gasteiger partial charge in [-0.05, 0) is 42.8 Å². The van der Waals surface area contributed by atoms with Crippen molar-refractivity contribution in [1.29, 1.82) is 0 Å². The van der Waals surface area contributed by atoms with Crippen LogP contribution in [0.2, 0.25) is 0 Å². The lowest BCUT2D eigenvalue weighted by molar-refractivity contribution is 0.425. The van der Waals surface area contributed by atoms with Gasteiger partial charge in [0.25, 0.3) is 0 Å². The maximum Gasteiger partial charge on any atom is 0.243 e. The van der Waals surface area contributed by atoms with Crippen LogP contribution >= 0.6 is 11.8 Å². The number of hydrogen-bond donors (Lipinski definition) is 0. The van der Waals surface area contributed by atoms with Gasteiger partial charge in [-0.1, -0.05) is 0 Å². The molecule has 26 heavy (non-hydrogen) atoms. The quantitative estimate of drug-likeness (QED) is 0.722. The van der Waals surface area contributed by atoms with Crippen molar-refractivity contribution in [1.82, 2.24) is 4.31 Å². The number of rotatable bonds is 3. The van der Waals surface area contributed by atoms with Gasteiger partial charge in [0, 0.05) is 29.7 Å². The highest BCUT2D eigenvalue weighted by molar-refractivity contribution is 7.99. The summed E-state index contributed by atoms with van der Waals surface area (Å²) in [6.07, 6.45) is 0.272. The Morgan fingerprint density at radius 1 is 0.923 bits per heavy atom. The second-order valence-electron chi connectivity index (χ2n) is 5.79. The van der Waals surface area contributed by atoms with Crippen LogP contribution in [0, 0.1) is 23.3 Å². The standard InChI is InChI=1S/C17H15F4NO2S2/c18-11-1-3-14(19)13(9-11)17-5-6-22(7-8-25-17)26(23,24)12-2-4-15(20)16(21)10-12/h1-4,9-10,17H,5-8H2. The van der Waals surface area contributed by atoms with Gasteiger partial charge >= 0.3 is 0 Å². The third kappa shape index (κ3) is 3.89. The first-order chi connectivity index (χ1) is 12.3. The molecule has 2 aromatic carbocycles. The normalized spacial score (nSPS) is 19.3. The fourth-order valence-corrected chi connectivity index (χ4v) is 5.61. The summed E-state index contributed by atoms with van der Waals surface area (Å²) in [6, 6.07) is 5.61. The highest BCUT2D eigenvalue weighted by Crippen LogP contribution is 2.37. The number of benzene rings is 2. The van der Waals surface area contributed by atoms with E-state index in [0.717, 1.165) is 34.6 Å². The summed E-state index contributed by atoms with van der Waals surface area (Å²) in [6.45, 7) is 0.203. The Bertz CT molecular complexity index is 921. The number of thioether (sulfide) groups is 1. The van der Waals surface area contributed by atoms with E-state index in [0.29, 0.717) is 11.8 Å². The summed E-state index contributed by atoms with van der Waals surface area (Å²) < 4.78 is 80.3. The van der Waals surface area contributed by atoms with Crippen LogP contribution < -0.4 is 0 Å². The van der Waals surface area contributed by atoms with E-state index >= 15 is 0 Å². The minimum Gasteiger partial charge on any atom is -0.207 e. The lowest BCUT2D eigenvalue weighted by Crippen LogP contribution is -2.33. The second-order valence-corrected chi connectivity index (χ2v) is 9.04. The SMILES string of the molecule is O=S(=O)(c1ccc(F)c(F)c1)N1CCSC(c2cc(F)ccc2F)CC1. The number of sulfonamides is 1. The van der Waals surface area contributed by atoms with E-state index in [2.05, 4.69) is 0 Å². The average Bonchev–Trinajstić information content (AvgIpc) is 2.86. The summed E-state index contributed by atoms with van der Waals surface area (Å²) >= 11 is 1.33. The van der Waals surface area contributed by atoms with Crippen LogP contribution in [0.3, 0.4) is 0 Å². The van der Waals surface area contributed by atoms with Crippen LogP contribution in [-0.4, -0.2) is 31.6 Å². The monoisotopic (exact) mass is 405 g/mol. The minimum absolute atomic E-state index is 0.0644. The molecule has 9 heteroatoms. The molecule has 0 spiro atoms. The highest BCUT2D eigenvalue weighted by atomic mass is 32.2. The Morgan fingerprint density at radius 3 is 2.38 bits per heavy atom. The van der Waals surface area contributed by atoms with E-state index in [9.17, 15) is 26.0 Å². The molecule has 0 N–H and O–H groups in total. The molecule has 3 rings (SSSR count). The Morgan fingerprint density at radius 2 is 1.65 bits per heavy atom. The molecule has 1 fully saturated rings. The molecule has 0 radical (unpaired) electrons. The second kappa shape index (κ2) is 7.58. The van der Waals surface area contributed by atoms with E-state index in [-0.39, 0.29) is 30.0 Å². The first-order valence-electron chi connectivity index (χ1n) is 7.81. The van der Waals surface area contributed by atoms with Crippen LogP contribution in [0.5, 0.6) is 0 Å². The first-order valence-corrected chi connectivity index (χ1v) is 10.3. The minimum atomic E-state index is -4.00. The van der Waals surface area contributed by atoms with Crippen molar-refractivity contribution in [3.05, 3.63) is 65.2 Å². The Kier molecular flexibility index (Phi) is 5.59. The molecule has 0 bridgehead atoms. The van der Waals surface area contributed by atoms with Gasteiger partial charge < -0.3 is 0 Å². The van der Waals surface area contributed by atoms with Crippen molar-refractivity contribution in [2.75, 3.05) is 18.8 Å². The molecule has 1 saturated heterocycles. The molecule has 140 valence electrons. The van der Waals surface area contributed by atoms with Crippen molar-refractivity contribution in [2.45, 2.75) is 16.6 Å². The van der Waals surface area contributed by atoms with Gasteiger partial charge in [-0.25, -0.2) is 26.0 Å². The van der Waals surface area contributed by atoms with Gasteiger partial charge in [-0.3, -0.25) is 0 Å². The molecule has 1 heterocycles. The van der Waals surface area contributed by atoms with Crippen LogP contribution in [0.4, 0.5) is 17.6 Å². The Balaban J connectivity index is 1.81. The van der Waals surface area contributed by atoms with Gasteiger partial charge in [0.2, 0.25) is 10.0 Å². The van der Waals surface area contributed by atoms with E-state index in [1.807, 2.05) is 0 Å². The summed E-state index contributed by atoms with van der Waals surface area (Å²) in [5.41, 5.74) is 0.196. The summed E-state index contributed by atoms with van der Waals surface area (Å²) in [5.74, 6) is -3.10. The topological polar surface area (TPSA) is 37.4 Å². The highest BCUT2D eigenvalue weighted by Gasteiger charge is 2.30. The van der Waals surface area contributed by atoms with Crippen molar-refractivity contribution in [2.24, 2.45) is 0 Å². The zero-order valence-corrected chi connectivity index (χ0v) is 15.1. The van der Waals surface area contributed by atoms with Crippen LogP contribution in [0.1, 0.15) is 17.2 Å². The van der Waals surface area contributed by atoms with Crippen LogP contribution in [-0.2, 0) is 10.0 Å². The van der Waals surface area contributed by atoms with E-state index in [1.54, 1.807) is 0 Å². The summed E-state index contributed by atoms with van der Waals surface area (Å²) in [7, 11) is -4.00. The largest absolute Gasteiger partial charge is 0.243 e. The Labute approximate surface area is 153 Å². The van der Waals surface area contributed by atoms with Crippen LogP contribution in [0.15, 0.2) is 41.3 Å². The molecular formula is C17H15F4NO2S2. The van der Waals surface area contributed by atoms with Gasteiger partial charge in [-0.2, -0.15) is 16.1 Å². The molecule has 3 nitrogen and oxygen atoms in total. The maximum atomic E-state index is 14.0. The number of hydrogen-bond acceptors (Lipinski definition) is 3. The van der Waals surface area contributed by atoms with Crippen molar-refractivity contribution >= 4 is 21.8 Å². The zero-order chi connectivity index (χ0) is 18.9. The summed E-state index contributed by atoms with van der Waals surface area (Å²) in [4.78, 5) is -0.336. The van der Waals surface area contributed by atoms with Gasteiger partial charge in [0.1, 0.15) is 11.6 Å². The van der Waals surface area contributed by atoms with E-state index < -0.39 is 38.5 Å². The number of halogens is 4. The van der Waals surface area contributed by atoms with Crippen molar-refractivity contribution < 1.29 is 26.0 Å². The molecule has 1 aliphatic heterocycles. The van der Waals surface area contributed by atoms with Crippen molar-refractivity contribution in [3.8, 4) is 0 Å². The maximum absolute atomic E-state index is 14.0. The molecule has 2 aromatic rings. The molecule has 0 saturated carbocycles. The van der Waals surface area contributed by atoms with Gasteiger partial charge in [-0.15, -0.1) is 0 Å². The van der Waals surface area contributed by atoms with Gasteiger partial charge in [0.05, 0.1) is 4.90 Å². The lowest BCUT2D eigenvalue weighted by Gasteiger charge is -2.20. The van der Waals surface area contributed by atoms with E-state index in [4.69, 9.17) is 0 Å². The number of nitrogens with zero attached hydrogens (tertiary/aromatic N) is 1. The third-order valence-electron chi connectivity index (χ3n) is 4.13. The molecule has 1 atom stereocenters.